The second-order valence-corrected chi connectivity index (χ2v) is 7.76. The van der Waals surface area contributed by atoms with Crippen LogP contribution in [-0.2, 0) is 4.74 Å². The summed E-state index contributed by atoms with van der Waals surface area (Å²) in [5.41, 5.74) is 4.86. The topological polar surface area (TPSA) is 58.2 Å². The number of hydrogen-bond donors (Lipinski definition) is 1. The van der Waals surface area contributed by atoms with E-state index in [1.165, 1.54) is 24.0 Å². The molecule has 0 spiro atoms. The maximum absolute atomic E-state index is 12.8. The zero-order chi connectivity index (χ0) is 20.8. The smallest absolute Gasteiger partial charge is 0.254 e. The highest BCUT2D eigenvalue weighted by molar-refractivity contribution is 5.97. The van der Waals surface area contributed by atoms with E-state index in [-0.39, 0.29) is 5.91 Å². The minimum atomic E-state index is 0.0550. The lowest BCUT2D eigenvalue weighted by Crippen LogP contribution is -2.40. The summed E-state index contributed by atoms with van der Waals surface area (Å²) < 4.78 is 5.36. The van der Waals surface area contributed by atoms with Crippen molar-refractivity contribution in [3.63, 3.8) is 0 Å². The fourth-order valence-corrected chi connectivity index (χ4v) is 3.82. The summed E-state index contributed by atoms with van der Waals surface area (Å²) in [7, 11) is 0. The van der Waals surface area contributed by atoms with E-state index in [4.69, 9.17) is 9.72 Å². The third-order valence-corrected chi connectivity index (χ3v) is 5.52. The number of carbonyl (C=O) groups is 1. The number of allylic oxidation sites excluding steroid dienone is 1. The van der Waals surface area contributed by atoms with Gasteiger partial charge in [-0.2, -0.15) is 0 Å². The number of hydrogen-bond acceptors (Lipinski definition) is 3. The molecule has 1 aliphatic rings. The second kappa shape index (κ2) is 9.72. The number of H-pyrrole nitrogens is 1. The second-order valence-electron chi connectivity index (χ2n) is 7.76. The summed E-state index contributed by atoms with van der Waals surface area (Å²) in [5, 5.41) is 0. The third kappa shape index (κ3) is 4.79. The molecule has 4 rings (SSSR count). The summed E-state index contributed by atoms with van der Waals surface area (Å²) >= 11 is 0. The van der Waals surface area contributed by atoms with E-state index in [9.17, 15) is 4.79 Å². The van der Waals surface area contributed by atoms with Crippen LogP contribution in [0.5, 0.6) is 0 Å². The van der Waals surface area contributed by atoms with E-state index >= 15 is 0 Å². The third-order valence-electron chi connectivity index (χ3n) is 5.52. The highest BCUT2D eigenvalue weighted by Crippen LogP contribution is 2.25. The molecule has 0 atom stereocenters. The maximum atomic E-state index is 12.8. The van der Waals surface area contributed by atoms with Crippen molar-refractivity contribution < 1.29 is 9.53 Å². The van der Waals surface area contributed by atoms with Crippen LogP contribution in [0.2, 0.25) is 0 Å². The molecule has 1 fully saturated rings. The minimum Gasteiger partial charge on any atom is -0.378 e. The number of carbonyl (C=O) groups excluding carboxylic acids is 1. The molecule has 0 saturated carbocycles. The zero-order valence-electron chi connectivity index (χ0n) is 17.6. The summed E-state index contributed by atoms with van der Waals surface area (Å²) in [6.07, 6.45) is 6.71. The van der Waals surface area contributed by atoms with Crippen molar-refractivity contribution in [3.8, 4) is 0 Å². The Morgan fingerprint density at radius 2 is 1.93 bits per heavy atom. The normalized spacial score (nSPS) is 15.0. The maximum Gasteiger partial charge on any atom is 0.254 e. The molecule has 1 amide bonds. The first-order valence-corrected chi connectivity index (χ1v) is 10.9. The number of imidazole rings is 1. The Hall–Kier alpha value is -2.92. The predicted octanol–water partition coefficient (Wildman–Crippen LogP) is 5.16. The van der Waals surface area contributed by atoms with Crippen molar-refractivity contribution in [2.45, 2.75) is 32.6 Å². The molecular formula is C25H29N3O2. The van der Waals surface area contributed by atoms with Gasteiger partial charge in [-0.15, -0.1) is 0 Å². The van der Waals surface area contributed by atoms with Gasteiger partial charge in [0, 0.05) is 18.7 Å². The molecule has 2 heterocycles. The van der Waals surface area contributed by atoms with Crippen molar-refractivity contribution in [2.24, 2.45) is 0 Å². The fraction of sp³-hybridized carbons (Fsp3) is 0.360. The molecule has 1 N–H and O–H groups in total. The van der Waals surface area contributed by atoms with Crippen molar-refractivity contribution in [2.75, 3.05) is 26.3 Å². The van der Waals surface area contributed by atoms with E-state index in [0.29, 0.717) is 31.9 Å². The molecule has 1 aliphatic heterocycles. The van der Waals surface area contributed by atoms with Crippen LogP contribution in [0.25, 0.3) is 22.7 Å². The molecule has 0 aliphatic carbocycles. The van der Waals surface area contributed by atoms with Gasteiger partial charge < -0.3 is 14.6 Å². The van der Waals surface area contributed by atoms with Gasteiger partial charge in [0.15, 0.2) is 0 Å². The van der Waals surface area contributed by atoms with Gasteiger partial charge in [-0.1, -0.05) is 50.1 Å². The molecule has 30 heavy (non-hydrogen) atoms. The van der Waals surface area contributed by atoms with E-state index in [2.05, 4.69) is 42.2 Å². The van der Waals surface area contributed by atoms with Crippen molar-refractivity contribution in [1.82, 2.24) is 14.9 Å². The molecule has 5 heteroatoms. The molecule has 0 unspecified atom stereocenters. The van der Waals surface area contributed by atoms with Crippen LogP contribution in [0, 0.1) is 0 Å². The Kier molecular flexibility index (Phi) is 6.60. The van der Waals surface area contributed by atoms with Gasteiger partial charge in [0.2, 0.25) is 0 Å². The van der Waals surface area contributed by atoms with Crippen molar-refractivity contribution in [3.05, 3.63) is 65.5 Å². The van der Waals surface area contributed by atoms with Gasteiger partial charge in [-0.25, -0.2) is 4.98 Å². The first-order valence-electron chi connectivity index (χ1n) is 10.9. The Morgan fingerprint density at radius 3 is 2.70 bits per heavy atom. The van der Waals surface area contributed by atoms with Crippen molar-refractivity contribution in [1.29, 1.82) is 0 Å². The van der Waals surface area contributed by atoms with E-state index in [1.54, 1.807) is 0 Å². The Bertz CT molecular complexity index is 1020. The highest BCUT2D eigenvalue weighted by Gasteiger charge is 2.19. The monoisotopic (exact) mass is 403 g/mol. The number of benzene rings is 2. The Balaban J connectivity index is 1.62. The summed E-state index contributed by atoms with van der Waals surface area (Å²) in [5.74, 6) is 0.945. The van der Waals surface area contributed by atoms with Gasteiger partial charge in [0.05, 0.1) is 24.2 Å². The molecule has 156 valence electrons. The van der Waals surface area contributed by atoms with Crippen LogP contribution < -0.4 is 0 Å². The summed E-state index contributed by atoms with van der Waals surface area (Å²) in [6.45, 7) is 4.72. The number of amides is 1. The quantitative estimate of drug-likeness (QED) is 0.555. The lowest BCUT2D eigenvalue weighted by Gasteiger charge is -2.26. The minimum absolute atomic E-state index is 0.0550. The van der Waals surface area contributed by atoms with Crippen LogP contribution in [0.15, 0.2) is 48.5 Å². The first-order chi connectivity index (χ1) is 14.7. The molecule has 2 aromatic carbocycles. The molecule has 1 aromatic heterocycles. The number of nitrogens with zero attached hydrogens (tertiary/aromatic N) is 2. The molecule has 1 saturated heterocycles. The number of ether oxygens (including phenoxy) is 1. The van der Waals surface area contributed by atoms with Crippen molar-refractivity contribution >= 4 is 28.6 Å². The predicted molar refractivity (Wildman–Crippen MR) is 121 cm³/mol. The Labute approximate surface area is 177 Å². The average Bonchev–Trinajstić information content (AvgIpc) is 3.22. The largest absolute Gasteiger partial charge is 0.378 e. The molecule has 3 aromatic rings. The Morgan fingerprint density at radius 1 is 1.13 bits per heavy atom. The van der Waals surface area contributed by atoms with Gasteiger partial charge in [0.1, 0.15) is 5.82 Å². The molecule has 0 bridgehead atoms. The molecule has 5 nitrogen and oxygen atoms in total. The van der Waals surface area contributed by atoms with E-state index < -0.39 is 0 Å². The number of aromatic nitrogens is 2. The number of morpholine rings is 1. The lowest BCUT2D eigenvalue weighted by molar-refractivity contribution is 0.0303. The summed E-state index contributed by atoms with van der Waals surface area (Å²) in [6, 6.07) is 16.1. The number of nitrogens with one attached hydrogen (secondary N) is 1. The standard InChI is InChI=1S/C25H29N3O2/c1-2-3-5-10-20(17-19-8-6-4-7-9-19)24-26-22-12-11-21(18-23(22)27-24)25(29)28-13-15-30-16-14-28/h4,6-9,11-12,17-18H,2-3,5,10,13-16H2,1H3,(H,26,27)/b20-17+. The lowest BCUT2D eigenvalue weighted by atomic mass is 10.0. The summed E-state index contributed by atoms with van der Waals surface area (Å²) in [4.78, 5) is 23.0. The van der Waals surface area contributed by atoms with Crippen LogP contribution in [0.4, 0.5) is 0 Å². The number of fused-ring (bicyclic) bond motifs is 1. The number of rotatable bonds is 7. The van der Waals surface area contributed by atoms with Crippen LogP contribution in [0.1, 0.15) is 54.4 Å². The fourth-order valence-electron chi connectivity index (χ4n) is 3.82. The van der Waals surface area contributed by atoms with Gasteiger partial charge in [-0.3, -0.25) is 4.79 Å². The number of aromatic amines is 1. The van der Waals surface area contributed by atoms with E-state index in [1.807, 2.05) is 29.2 Å². The molecule has 0 radical (unpaired) electrons. The highest BCUT2D eigenvalue weighted by atomic mass is 16.5. The van der Waals surface area contributed by atoms with Crippen LogP contribution in [-0.4, -0.2) is 47.1 Å². The average molecular weight is 404 g/mol. The van der Waals surface area contributed by atoms with Gasteiger partial charge >= 0.3 is 0 Å². The van der Waals surface area contributed by atoms with Crippen LogP contribution in [0.3, 0.4) is 0 Å². The SMILES string of the molecule is CCCCC/C(=C\c1ccccc1)c1nc2ccc(C(=O)N3CCOCC3)cc2[nH]1. The molecular weight excluding hydrogens is 374 g/mol. The first kappa shape index (κ1) is 20.4. The van der Waals surface area contributed by atoms with Gasteiger partial charge in [-0.05, 0) is 48.3 Å². The zero-order valence-corrected chi connectivity index (χ0v) is 17.6. The number of unbranched alkanes of at least 4 members (excludes halogenated alkanes) is 2. The van der Waals surface area contributed by atoms with Crippen LogP contribution >= 0.6 is 0 Å². The van der Waals surface area contributed by atoms with Gasteiger partial charge in [0.25, 0.3) is 5.91 Å². The van der Waals surface area contributed by atoms with E-state index in [0.717, 1.165) is 29.7 Å².